The Morgan fingerprint density at radius 1 is 0.667 bits per heavy atom. The molecule has 0 saturated carbocycles. The quantitative estimate of drug-likeness (QED) is 0.646. The van der Waals surface area contributed by atoms with Crippen LogP contribution >= 0.6 is 48.0 Å². The van der Waals surface area contributed by atoms with Crippen LogP contribution < -0.4 is 0 Å². The molecule has 0 saturated heterocycles. The van der Waals surface area contributed by atoms with Crippen LogP contribution in [0.15, 0.2) is 55.1 Å². The fourth-order valence-electron chi connectivity index (χ4n) is 1.47. The van der Waals surface area contributed by atoms with Crippen molar-refractivity contribution in [2.24, 2.45) is 0 Å². The Labute approximate surface area is 129 Å². The van der Waals surface area contributed by atoms with Crippen molar-refractivity contribution in [3.05, 3.63) is 76.3 Å². The van der Waals surface area contributed by atoms with E-state index in [1.165, 1.54) is 0 Å². The number of hydrogen-bond acceptors (Lipinski definition) is 0. The molecule has 0 radical (unpaired) electrons. The van der Waals surface area contributed by atoms with Gasteiger partial charge in [0, 0.05) is 10.0 Å². The number of benzene rings is 2. The third kappa shape index (κ3) is 4.22. The maximum atomic E-state index is 5.84. The van der Waals surface area contributed by atoms with E-state index in [0.29, 0.717) is 0 Å². The minimum atomic E-state index is 0. The van der Waals surface area contributed by atoms with Crippen LogP contribution in [0.2, 0.25) is 10.0 Å². The Bertz CT molecular complexity index is 453. The molecule has 0 fully saturated rings. The third-order valence-electron chi connectivity index (χ3n) is 2.39. The van der Waals surface area contributed by atoms with Gasteiger partial charge in [0.1, 0.15) is 0 Å². The van der Waals surface area contributed by atoms with Crippen LogP contribution in [0, 0.1) is 0 Å². The molecule has 0 aliphatic carbocycles. The molecule has 0 bridgehead atoms. The van der Waals surface area contributed by atoms with Gasteiger partial charge in [0.15, 0.2) is 0 Å². The van der Waals surface area contributed by atoms with Gasteiger partial charge in [-0.25, -0.2) is 0 Å². The lowest BCUT2D eigenvalue weighted by atomic mass is 10.00. The molecule has 0 unspecified atom stereocenters. The summed E-state index contributed by atoms with van der Waals surface area (Å²) in [4.78, 5) is 0. The van der Waals surface area contributed by atoms with Crippen LogP contribution in [0.4, 0.5) is 0 Å². The van der Waals surface area contributed by atoms with Gasteiger partial charge in [-0.05, 0) is 41.0 Å². The van der Waals surface area contributed by atoms with Crippen LogP contribution in [0.5, 0.6) is 0 Å². The first-order valence-electron chi connectivity index (χ1n) is 4.87. The molecule has 2 aromatic carbocycles. The Hall–Kier alpha value is -0.660. The Morgan fingerprint density at radius 3 is 1.22 bits per heavy atom. The summed E-state index contributed by atoms with van der Waals surface area (Å²) in [6.07, 6.45) is 0. The SMILES string of the molecule is C=C(c1ccc(Cl)cc1)c1ccc(Cl)cc1.Cl.Cl. The van der Waals surface area contributed by atoms with Crippen molar-refractivity contribution in [1.29, 1.82) is 0 Å². The van der Waals surface area contributed by atoms with Crippen molar-refractivity contribution < 1.29 is 0 Å². The zero-order valence-corrected chi connectivity index (χ0v) is 12.5. The van der Waals surface area contributed by atoms with Crippen molar-refractivity contribution in [2.75, 3.05) is 0 Å². The molecule has 96 valence electrons. The van der Waals surface area contributed by atoms with E-state index in [4.69, 9.17) is 23.2 Å². The fourth-order valence-corrected chi connectivity index (χ4v) is 1.72. The largest absolute Gasteiger partial charge is 0.147 e. The van der Waals surface area contributed by atoms with E-state index in [1.54, 1.807) is 0 Å². The second-order valence-corrected chi connectivity index (χ2v) is 4.37. The van der Waals surface area contributed by atoms with E-state index in [2.05, 4.69) is 6.58 Å². The minimum Gasteiger partial charge on any atom is -0.147 e. The van der Waals surface area contributed by atoms with Crippen LogP contribution in [-0.4, -0.2) is 0 Å². The summed E-state index contributed by atoms with van der Waals surface area (Å²) in [7, 11) is 0. The lowest BCUT2D eigenvalue weighted by Gasteiger charge is -2.06. The average Bonchev–Trinajstić information content (AvgIpc) is 2.30. The smallest absolute Gasteiger partial charge is 0.0406 e. The molecule has 0 amide bonds. The van der Waals surface area contributed by atoms with Gasteiger partial charge in [-0.3, -0.25) is 0 Å². The second kappa shape index (κ2) is 7.70. The molecular formula is C14H12Cl4. The van der Waals surface area contributed by atoms with Gasteiger partial charge in [0.05, 0.1) is 0 Å². The van der Waals surface area contributed by atoms with Crippen molar-refractivity contribution in [3.8, 4) is 0 Å². The van der Waals surface area contributed by atoms with E-state index in [-0.39, 0.29) is 24.8 Å². The molecule has 0 spiro atoms. The normalized spacial score (nSPS) is 9.00. The Balaban J connectivity index is 0.00000144. The van der Waals surface area contributed by atoms with Crippen LogP contribution in [0.3, 0.4) is 0 Å². The van der Waals surface area contributed by atoms with E-state index in [9.17, 15) is 0 Å². The summed E-state index contributed by atoms with van der Waals surface area (Å²) in [6.45, 7) is 4.07. The van der Waals surface area contributed by atoms with Gasteiger partial charge in [0.25, 0.3) is 0 Å². The van der Waals surface area contributed by atoms with E-state index in [1.807, 2.05) is 48.5 Å². The fraction of sp³-hybridized carbons (Fsp3) is 0. The molecule has 0 nitrogen and oxygen atoms in total. The highest BCUT2D eigenvalue weighted by molar-refractivity contribution is 6.30. The standard InChI is InChI=1S/C14H10Cl2.2ClH/c1-10(11-2-6-13(15)7-3-11)12-4-8-14(16)9-5-12;;/h2-9H,1H2;2*1H. The first-order chi connectivity index (χ1) is 7.66. The maximum Gasteiger partial charge on any atom is 0.0406 e. The Morgan fingerprint density at radius 2 is 0.944 bits per heavy atom. The van der Waals surface area contributed by atoms with Crippen LogP contribution in [0.25, 0.3) is 5.57 Å². The van der Waals surface area contributed by atoms with Gasteiger partial charge >= 0.3 is 0 Å². The summed E-state index contributed by atoms with van der Waals surface area (Å²) in [5, 5.41) is 1.46. The molecule has 0 aromatic heterocycles. The predicted octanol–water partition coefficient (Wildman–Crippen LogP) is 5.90. The highest BCUT2D eigenvalue weighted by Crippen LogP contribution is 2.24. The highest BCUT2D eigenvalue weighted by atomic mass is 35.5. The lowest BCUT2D eigenvalue weighted by molar-refractivity contribution is 1.56. The summed E-state index contributed by atoms with van der Waals surface area (Å²) in [5.74, 6) is 0. The van der Waals surface area contributed by atoms with Gasteiger partial charge in [-0.2, -0.15) is 0 Å². The van der Waals surface area contributed by atoms with Gasteiger partial charge < -0.3 is 0 Å². The molecule has 2 rings (SSSR count). The average molecular weight is 322 g/mol. The van der Waals surface area contributed by atoms with E-state index < -0.39 is 0 Å². The monoisotopic (exact) mass is 320 g/mol. The molecule has 0 aliphatic rings. The summed E-state index contributed by atoms with van der Waals surface area (Å²) < 4.78 is 0. The maximum absolute atomic E-state index is 5.84. The molecule has 2 aromatic rings. The lowest BCUT2D eigenvalue weighted by Crippen LogP contribution is -1.85. The zero-order valence-electron chi connectivity index (χ0n) is 9.40. The van der Waals surface area contributed by atoms with Crippen LogP contribution in [0.1, 0.15) is 11.1 Å². The number of halogens is 4. The number of rotatable bonds is 2. The van der Waals surface area contributed by atoms with Crippen molar-refractivity contribution in [1.82, 2.24) is 0 Å². The topological polar surface area (TPSA) is 0 Å². The summed E-state index contributed by atoms with van der Waals surface area (Å²) in [5.41, 5.74) is 3.09. The van der Waals surface area contributed by atoms with Gasteiger partial charge in [-0.1, -0.05) is 54.0 Å². The Kier molecular flexibility index (Phi) is 7.42. The third-order valence-corrected chi connectivity index (χ3v) is 2.89. The molecular weight excluding hydrogens is 310 g/mol. The predicted molar refractivity (Wildman–Crippen MR) is 85.5 cm³/mol. The summed E-state index contributed by atoms with van der Waals surface area (Å²) >= 11 is 11.7. The molecule has 0 heterocycles. The first-order valence-corrected chi connectivity index (χ1v) is 5.63. The van der Waals surface area contributed by atoms with Gasteiger partial charge in [-0.15, -0.1) is 24.8 Å². The molecule has 0 aliphatic heterocycles. The van der Waals surface area contributed by atoms with Crippen molar-refractivity contribution >= 4 is 53.6 Å². The van der Waals surface area contributed by atoms with E-state index in [0.717, 1.165) is 26.7 Å². The van der Waals surface area contributed by atoms with Crippen molar-refractivity contribution in [3.63, 3.8) is 0 Å². The molecule has 0 N–H and O–H groups in total. The minimum absolute atomic E-state index is 0. The number of hydrogen-bond donors (Lipinski definition) is 0. The van der Waals surface area contributed by atoms with Gasteiger partial charge in [0.2, 0.25) is 0 Å². The second-order valence-electron chi connectivity index (χ2n) is 3.49. The molecule has 0 atom stereocenters. The molecule has 4 heteroatoms. The zero-order chi connectivity index (χ0) is 11.5. The summed E-state index contributed by atoms with van der Waals surface area (Å²) in [6, 6.07) is 15.3. The van der Waals surface area contributed by atoms with Crippen LogP contribution in [-0.2, 0) is 0 Å². The highest BCUT2D eigenvalue weighted by Gasteiger charge is 2.01. The van der Waals surface area contributed by atoms with E-state index >= 15 is 0 Å². The first kappa shape index (κ1) is 17.3. The molecule has 18 heavy (non-hydrogen) atoms. The van der Waals surface area contributed by atoms with Crippen molar-refractivity contribution in [2.45, 2.75) is 0 Å².